The molecule has 0 bridgehead atoms. The van der Waals surface area contributed by atoms with Gasteiger partial charge in [0.05, 0.1) is 0 Å². The number of imide groups is 2. The number of carbonyl (C=O) groups excluding carboxylic acids is 4. The van der Waals surface area contributed by atoms with Crippen LogP contribution in [-0.2, 0) is 9.59 Å². The normalized spacial score (nSPS) is 16.5. The standard InChI is InChI=1S/C17H19FN2O4/c1-2-9-17(14(22)19-16(24)20-15(17)23)10-3-4-13(21)11-5-7-12(18)8-6-11/h5-8H,2-4,9-10H2,1H3,(H2,19,20,22,23,24). The summed E-state index contributed by atoms with van der Waals surface area (Å²) in [5.74, 6) is -1.84. The molecule has 1 aromatic rings. The van der Waals surface area contributed by atoms with Crippen molar-refractivity contribution >= 4 is 23.6 Å². The molecule has 1 heterocycles. The number of carbonyl (C=O) groups is 4. The summed E-state index contributed by atoms with van der Waals surface area (Å²) in [6.07, 6.45) is 1.49. The number of benzene rings is 1. The quantitative estimate of drug-likeness (QED) is 0.591. The highest BCUT2D eigenvalue weighted by molar-refractivity contribution is 6.19. The van der Waals surface area contributed by atoms with E-state index in [9.17, 15) is 23.6 Å². The van der Waals surface area contributed by atoms with Gasteiger partial charge in [-0.2, -0.15) is 0 Å². The summed E-state index contributed by atoms with van der Waals surface area (Å²) in [5, 5.41) is 4.25. The number of ketones is 1. The molecule has 1 saturated heterocycles. The van der Waals surface area contributed by atoms with Gasteiger partial charge in [-0.25, -0.2) is 9.18 Å². The van der Waals surface area contributed by atoms with E-state index in [0.717, 1.165) is 0 Å². The van der Waals surface area contributed by atoms with Gasteiger partial charge in [-0.15, -0.1) is 0 Å². The highest BCUT2D eigenvalue weighted by atomic mass is 19.1. The summed E-state index contributed by atoms with van der Waals surface area (Å²) >= 11 is 0. The Morgan fingerprint density at radius 3 is 2.17 bits per heavy atom. The van der Waals surface area contributed by atoms with Crippen LogP contribution in [0.2, 0.25) is 0 Å². The molecule has 0 radical (unpaired) electrons. The van der Waals surface area contributed by atoms with Crippen LogP contribution < -0.4 is 10.6 Å². The Bertz CT molecular complexity index is 650. The van der Waals surface area contributed by atoms with Crippen LogP contribution in [0.1, 0.15) is 49.4 Å². The zero-order chi connectivity index (χ0) is 17.7. The summed E-state index contributed by atoms with van der Waals surface area (Å²) < 4.78 is 12.9. The first kappa shape index (κ1) is 17.8. The van der Waals surface area contributed by atoms with E-state index in [2.05, 4.69) is 10.6 Å². The average molecular weight is 334 g/mol. The van der Waals surface area contributed by atoms with Crippen molar-refractivity contribution in [1.82, 2.24) is 10.6 Å². The van der Waals surface area contributed by atoms with Crippen molar-refractivity contribution in [2.45, 2.75) is 39.0 Å². The second-order valence-electron chi connectivity index (χ2n) is 5.85. The molecule has 24 heavy (non-hydrogen) atoms. The average Bonchev–Trinajstić information content (AvgIpc) is 2.52. The van der Waals surface area contributed by atoms with Crippen LogP contribution in [0, 0.1) is 11.2 Å². The minimum atomic E-state index is -1.33. The van der Waals surface area contributed by atoms with E-state index >= 15 is 0 Å². The van der Waals surface area contributed by atoms with Gasteiger partial charge in [-0.3, -0.25) is 25.0 Å². The van der Waals surface area contributed by atoms with Crippen molar-refractivity contribution in [3.05, 3.63) is 35.6 Å². The van der Waals surface area contributed by atoms with Crippen LogP contribution >= 0.6 is 0 Å². The molecule has 4 amide bonds. The number of rotatable bonds is 7. The molecule has 1 aliphatic heterocycles. The molecule has 0 atom stereocenters. The second kappa shape index (κ2) is 7.33. The molecule has 7 heteroatoms. The molecule has 0 saturated carbocycles. The Labute approximate surface area is 138 Å². The fourth-order valence-electron chi connectivity index (χ4n) is 2.92. The van der Waals surface area contributed by atoms with E-state index in [-0.39, 0.29) is 18.6 Å². The summed E-state index contributed by atoms with van der Waals surface area (Å²) in [5.41, 5.74) is -0.945. The first-order chi connectivity index (χ1) is 11.4. The van der Waals surface area contributed by atoms with Crippen molar-refractivity contribution in [2.75, 3.05) is 0 Å². The van der Waals surface area contributed by atoms with Crippen molar-refractivity contribution < 1.29 is 23.6 Å². The molecule has 0 aliphatic carbocycles. The van der Waals surface area contributed by atoms with Crippen molar-refractivity contribution in [3.8, 4) is 0 Å². The van der Waals surface area contributed by atoms with E-state index in [1.807, 2.05) is 6.92 Å². The predicted octanol–water partition coefficient (Wildman–Crippen LogP) is 2.33. The number of hydrogen-bond donors (Lipinski definition) is 2. The molecule has 128 valence electrons. The lowest BCUT2D eigenvalue weighted by molar-refractivity contribution is -0.145. The Morgan fingerprint density at radius 1 is 1.04 bits per heavy atom. The molecule has 0 spiro atoms. The Hall–Kier alpha value is -2.57. The molecule has 2 N–H and O–H groups in total. The SMILES string of the molecule is CCCC1(CCCC(=O)c2ccc(F)cc2)C(=O)NC(=O)NC1=O. The van der Waals surface area contributed by atoms with Crippen LogP contribution in [-0.4, -0.2) is 23.6 Å². The maximum Gasteiger partial charge on any atom is 0.328 e. The number of Topliss-reactive ketones (excluding diaryl/α,β-unsaturated/α-hetero) is 1. The summed E-state index contributed by atoms with van der Waals surface area (Å²) in [6.45, 7) is 1.84. The van der Waals surface area contributed by atoms with Gasteiger partial charge in [0.1, 0.15) is 11.2 Å². The fraction of sp³-hybridized carbons (Fsp3) is 0.412. The number of urea groups is 1. The summed E-state index contributed by atoms with van der Waals surface area (Å²) in [6, 6.07) is 4.40. The molecule has 2 rings (SSSR count). The molecular formula is C17H19FN2O4. The van der Waals surface area contributed by atoms with Gasteiger partial charge < -0.3 is 0 Å². The third-order valence-electron chi connectivity index (χ3n) is 4.17. The maximum absolute atomic E-state index is 12.9. The van der Waals surface area contributed by atoms with Crippen molar-refractivity contribution in [3.63, 3.8) is 0 Å². The summed E-state index contributed by atoms with van der Waals surface area (Å²) in [7, 11) is 0. The Kier molecular flexibility index (Phi) is 5.43. The van der Waals surface area contributed by atoms with Gasteiger partial charge in [0.25, 0.3) is 0 Å². The third kappa shape index (κ3) is 3.67. The Morgan fingerprint density at radius 2 is 1.62 bits per heavy atom. The predicted molar refractivity (Wildman–Crippen MR) is 83.6 cm³/mol. The smallest absolute Gasteiger partial charge is 0.294 e. The first-order valence-electron chi connectivity index (χ1n) is 7.84. The topological polar surface area (TPSA) is 92.3 Å². The molecule has 1 aliphatic rings. The highest BCUT2D eigenvalue weighted by Gasteiger charge is 2.48. The van der Waals surface area contributed by atoms with Crippen LogP contribution in [0.25, 0.3) is 0 Å². The van der Waals surface area contributed by atoms with Gasteiger partial charge in [0.15, 0.2) is 5.78 Å². The number of barbiturate groups is 1. The van der Waals surface area contributed by atoms with E-state index in [0.29, 0.717) is 24.8 Å². The van der Waals surface area contributed by atoms with Gasteiger partial charge in [0.2, 0.25) is 11.8 Å². The monoisotopic (exact) mass is 334 g/mol. The van der Waals surface area contributed by atoms with Gasteiger partial charge in [-0.05, 0) is 43.5 Å². The molecular weight excluding hydrogens is 315 g/mol. The zero-order valence-electron chi connectivity index (χ0n) is 13.4. The lowest BCUT2D eigenvalue weighted by Crippen LogP contribution is -2.62. The third-order valence-corrected chi connectivity index (χ3v) is 4.17. The first-order valence-corrected chi connectivity index (χ1v) is 7.84. The highest BCUT2D eigenvalue weighted by Crippen LogP contribution is 2.33. The van der Waals surface area contributed by atoms with E-state index in [4.69, 9.17) is 0 Å². The molecule has 1 aromatic carbocycles. The van der Waals surface area contributed by atoms with Gasteiger partial charge >= 0.3 is 6.03 Å². The largest absolute Gasteiger partial charge is 0.328 e. The van der Waals surface area contributed by atoms with Gasteiger partial charge in [0, 0.05) is 12.0 Å². The second-order valence-corrected chi connectivity index (χ2v) is 5.85. The van der Waals surface area contributed by atoms with Crippen LogP contribution in [0.4, 0.5) is 9.18 Å². The van der Waals surface area contributed by atoms with Crippen molar-refractivity contribution in [1.29, 1.82) is 0 Å². The summed E-state index contributed by atoms with van der Waals surface area (Å²) in [4.78, 5) is 47.7. The Balaban J connectivity index is 2.02. The van der Waals surface area contributed by atoms with Crippen LogP contribution in [0.15, 0.2) is 24.3 Å². The number of amides is 4. The van der Waals surface area contributed by atoms with Crippen LogP contribution in [0.5, 0.6) is 0 Å². The lowest BCUT2D eigenvalue weighted by Gasteiger charge is -2.33. The van der Waals surface area contributed by atoms with Crippen LogP contribution in [0.3, 0.4) is 0 Å². The number of hydrogen-bond acceptors (Lipinski definition) is 4. The maximum atomic E-state index is 12.9. The lowest BCUT2D eigenvalue weighted by atomic mass is 9.75. The number of nitrogens with one attached hydrogen (secondary N) is 2. The molecule has 1 fully saturated rings. The van der Waals surface area contributed by atoms with Gasteiger partial charge in [-0.1, -0.05) is 13.3 Å². The minimum Gasteiger partial charge on any atom is -0.294 e. The van der Waals surface area contributed by atoms with E-state index in [1.54, 1.807) is 0 Å². The molecule has 0 unspecified atom stereocenters. The molecule has 0 aromatic heterocycles. The zero-order valence-corrected chi connectivity index (χ0v) is 13.4. The fourth-order valence-corrected chi connectivity index (χ4v) is 2.92. The molecule has 6 nitrogen and oxygen atoms in total. The van der Waals surface area contributed by atoms with Crippen molar-refractivity contribution in [2.24, 2.45) is 5.41 Å². The number of halogens is 1. The minimum absolute atomic E-state index is 0.131. The van der Waals surface area contributed by atoms with E-state index < -0.39 is 29.1 Å². The van der Waals surface area contributed by atoms with E-state index in [1.165, 1.54) is 24.3 Å².